The SMILES string of the molecule is CC(N)C(Sc1ncccn1)c1cc(Br)cs1. The number of thioether (sulfide) groups is 1. The van der Waals surface area contributed by atoms with Crippen LogP contribution < -0.4 is 5.73 Å². The summed E-state index contributed by atoms with van der Waals surface area (Å²) in [5, 5.41) is 3.02. The van der Waals surface area contributed by atoms with E-state index in [1.54, 1.807) is 35.5 Å². The number of nitrogens with two attached hydrogens (primary N) is 1. The molecule has 3 nitrogen and oxygen atoms in total. The number of aromatic nitrogens is 2. The van der Waals surface area contributed by atoms with E-state index in [-0.39, 0.29) is 11.3 Å². The Balaban J connectivity index is 2.19. The molecule has 0 fully saturated rings. The van der Waals surface area contributed by atoms with Crippen LogP contribution in [0.25, 0.3) is 0 Å². The average Bonchev–Trinajstić information content (AvgIpc) is 2.73. The lowest BCUT2D eigenvalue weighted by Crippen LogP contribution is -2.22. The minimum atomic E-state index is 0.0503. The largest absolute Gasteiger partial charge is 0.327 e. The monoisotopic (exact) mass is 329 g/mol. The van der Waals surface area contributed by atoms with Gasteiger partial charge in [-0.15, -0.1) is 11.3 Å². The number of hydrogen-bond acceptors (Lipinski definition) is 5. The molecule has 90 valence electrons. The van der Waals surface area contributed by atoms with Crippen LogP contribution in [0.2, 0.25) is 0 Å². The van der Waals surface area contributed by atoms with E-state index in [0.717, 1.165) is 9.63 Å². The molecule has 0 radical (unpaired) electrons. The van der Waals surface area contributed by atoms with Crippen molar-refractivity contribution in [3.8, 4) is 0 Å². The summed E-state index contributed by atoms with van der Waals surface area (Å²) < 4.78 is 1.10. The Kier molecular flexibility index (Phi) is 4.55. The van der Waals surface area contributed by atoms with Crippen LogP contribution in [-0.2, 0) is 0 Å². The van der Waals surface area contributed by atoms with Crippen molar-refractivity contribution in [1.82, 2.24) is 9.97 Å². The van der Waals surface area contributed by atoms with Crippen LogP contribution >= 0.6 is 39.0 Å². The van der Waals surface area contributed by atoms with Crippen LogP contribution in [0.5, 0.6) is 0 Å². The molecule has 2 aromatic rings. The molecule has 0 aliphatic rings. The molecule has 0 aromatic carbocycles. The standard InChI is InChI=1S/C11H12BrN3S2/c1-7(13)10(9-5-8(12)6-16-9)17-11-14-3-2-4-15-11/h2-7,10H,13H2,1H3. The molecule has 17 heavy (non-hydrogen) atoms. The minimum Gasteiger partial charge on any atom is -0.327 e. The first-order valence-electron chi connectivity index (χ1n) is 5.10. The van der Waals surface area contributed by atoms with Gasteiger partial charge in [-0.25, -0.2) is 9.97 Å². The number of nitrogens with zero attached hydrogens (tertiary/aromatic N) is 2. The first-order valence-corrected chi connectivity index (χ1v) is 7.65. The maximum atomic E-state index is 6.04. The van der Waals surface area contributed by atoms with Crippen LogP contribution in [0.4, 0.5) is 0 Å². The summed E-state index contributed by atoms with van der Waals surface area (Å²) in [6.07, 6.45) is 3.50. The fourth-order valence-electron chi connectivity index (χ4n) is 1.36. The molecule has 2 N–H and O–H groups in total. The molecule has 0 saturated carbocycles. The Labute approximate surface area is 117 Å². The summed E-state index contributed by atoms with van der Waals surface area (Å²) in [5.74, 6) is 0. The van der Waals surface area contributed by atoms with E-state index in [9.17, 15) is 0 Å². The van der Waals surface area contributed by atoms with Gasteiger partial charge in [0.05, 0.1) is 5.25 Å². The molecule has 2 atom stereocenters. The van der Waals surface area contributed by atoms with Gasteiger partial charge in [0.25, 0.3) is 0 Å². The van der Waals surface area contributed by atoms with Gasteiger partial charge >= 0.3 is 0 Å². The van der Waals surface area contributed by atoms with Crippen molar-refractivity contribution in [2.45, 2.75) is 23.4 Å². The molecule has 2 unspecified atom stereocenters. The van der Waals surface area contributed by atoms with Crippen molar-refractivity contribution in [2.75, 3.05) is 0 Å². The van der Waals surface area contributed by atoms with E-state index < -0.39 is 0 Å². The Morgan fingerprint density at radius 1 is 1.41 bits per heavy atom. The van der Waals surface area contributed by atoms with Gasteiger partial charge in [0.1, 0.15) is 0 Å². The smallest absolute Gasteiger partial charge is 0.188 e. The van der Waals surface area contributed by atoms with Gasteiger partial charge in [0, 0.05) is 33.2 Å². The fourth-order valence-corrected chi connectivity index (χ4v) is 4.08. The van der Waals surface area contributed by atoms with Crippen molar-refractivity contribution in [1.29, 1.82) is 0 Å². The molecule has 0 spiro atoms. The molecule has 2 aromatic heterocycles. The Hall–Kier alpha value is -0.430. The van der Waals surface area contributed by atoms with E-state index >= 15 is 0 Å². The molecule has 0 bridgehead atoms. The van der Waals surface area contributed by atoms with Gasteiger partial charge < -0.3 is 5.73 Å². The summed E-state index contributed by atoms with van der Waals surface area (Å²) in [5.41, 5.74) is 6.04. The van der Waals surface area contributed by atoms with Gasteiger partial charge in [-0.2, -0.15) is 0 Å². The van der Waals surface area contributed by atoms with E-state index in [1.807, 2.05) is 13.0 Å². The lowest BCUT2D eigenvalue weighted by molar-refractivity contribution is 0.726. The molecule has 0 aliphatic heterocycles. The second-order valence-corrected chi connectivity index (χ2v) is 6.56. The quantitative estimate of drug-likeness (QED) is 0.689. The molecule has 0 saturated heterocycles. The predicted octanol–water partition coefficient (Wildman–Crippen LogP) is 3.48. The molecule has 6 heteroatoms. The normalized spacial score (nSPS) is 14.5. The molecular formula is C11H12BrN3S2. The lowest BCUT2D eigenvalue weighted by Gasteiger charge is -2.17. The van der Waals surface area contributed by atoms with Crippen LogP contribution in [0.15, 0.2) is 39.5 Å². The van der Waals surface area contributed by atoms with Crippen molar-refractivity contribution < 1.29 is 0 Å². The van der Waals surface area contributed by atoms with E-state index in [0.29, 0.717) is 0 Å². The number of rotatable bonds is 4. The third kappa shape index (κ3) is 3.51. The summed E-state index contributed by atoms with van der Waals surface area (Å²) in [4.78, 5) is 9.69. The van der Waals surface area contributed by atoms with Crippen LogP contribution in [-0.4, -0.2) is 16.0 Å². The highest BCUT2D eigenvalue weighted by Crippen LogP contribution is 2.39. The summed E-state index contributed by atoms with van der Waals surface area (Å²) >= 11 is 6.77. The average molecular weight is 330 g/mol. The zero-order valence-corrected chi connectivity index (χ0v) is 12.4. The Morgan fingerprint density at radius 2 is 2.12 bits per heavy atom. The first kappa shape index (κ1) is 13.0. The molecule has 0 amide bonds. The third-order valence-electron chi connectivity index (χ3n) is 2.12. The van der Waals surface area contributed by atoms with Crippen LogP contribution in [0.3, 0.4) is 0 Å². The first-order chi connectivity index (χ1) is 8.16. The molecule has 0 aliphatic carbocycles. The van der Waals surface area contributed by atoms with E-state index in [4.69, 9.17) is 5.73 Å². The second-order valence-electron chi connectivity index (χ2n) is 3.60. The maximum Gasteiger partial charge on any atom is 0.188 e. The van der Waals surface area contributed by atoms with Gasteiger partial charge in [0.2, 0.25) is 0 Å². The number of hydrogen-bond donors (Lipinski definition) is 1. The second kappa shape index (κ2) is 5.95. The molecule has 2 heterocycles. The van der Waals surface area contributed by atoms with Gasteiger partial charge in [0.15, 0.2) is 5.16 Å². The summed E-state index contributed by atoms with van der Waals surface area (Å²) in [7, 11) is 0. The predicted molar refractivity (Wildman–Crippen MR) is 76.3 cm³/mol. The number of halogens is 1. The zero-order chi connectivity index (χ0) is 12.3. The minimum absolute atomic E-state index is 0.0503. The Morgan fingerprint density at radius 3 is 2.65 bits per heavy atom. The van der Waals surface area contributed by atoms with Crippen LogP contribution in [0.1, 0.15) is 17.1 Å². The highest BCUT2D eigenvalue weighted by atomic mass is 79.9. The third-order valence-corrected chi connectivity index (χ3v) is 5.40. The molecule has 2 rings (SSSR count). The van der Waals surface area contributed by atoms with Crippen molar-refractivity contribution in [2.24, 2.45) is 5.73 Å². The van der Waals surface area contributed by atoms with Crippen molar-refractivity contribution in [3.05, 3.63) is 39.3 Å². The number of thiophene rings is 1. The Bertz CT molecular complexity index is 473. The van der Waals surface area contributed by atoms with Crippen molar-refractivity contribution >= 4 is 39.0 Å². The molecular weight excluding hydrogens is 318 g/mol. The van der Waals surface area contributed by atoms with E-state index in [1.165, 1.54) is 4.88 Å². The lowest BCUT2D eigenvalue weighted by atomic mass is 10.2. The zero-order valence-electron chi connectivity index (χ0n) is 9.21. The fraction of sp³-hybridized carbons (Fsp3) is 0.273. The highest BCUT2D eigenvalue weighted by Gasteiger charge is 2.20. The summed E-state index contributed by atoms with van der Waals surface area (Å²) in [6.45, 7) is 2.01. The summed E-state index contributed by atoms with van der Waals surface area (Å²) in [6, 6.07) is 3.97. The van der Waals surface area contributed by atoms with E-state index in [2.05, 4.69) is 37.3 Å². The van der Waals surface area contributed by atoms with Gasteiger partial charge in [-0.1, -0.05) is 11.8 Å². The van der Waals surface area contributed by atoms with Crippen LogP contribution in [0, 0.1) is 0 Å². The van der Waals surface area contributed by atoms with Crippen molar-refractivity contribution in [3.63, 3.8) is 0 Å². The maximum absolute atomic E-state index is 6.04. The van der Waals surface area contributed by atoms with Gasteiger partial charge in [-0.3, -0.25) is 0 Å². The topological polar surface area (TPSA) is 51.8 Å². The van der Waals surface area contributed by atoms with Gasteiger partial charge in [-0.05, 0) is 35.0 Å². The highest BCUT2D eigenvalue weighted by molar-refractivity contribution is 9.10.